The van der Waals surface area contributed by atoms with Crippen LogP contribution in [-0.4, -0.2) is 46.5 Å². The fourth-order valence-corrected chi connectivity index (χ4v) is 5.15. The van der Waals surface area contributed by atoms with E-state index < -0.39 is 10.0 Å². The van der Waals surface area contributed by atoms with E-state index in [1.165, 1.54) is 10.4 Å². The Morgan fingerprint density at radius 1 is 1.29 bits per heavy atom. The van der Waals surface area contributed by atoms with E-state index in [-0.39, 0.29) is 17.3 Å². The van der Waals surface area contributed by atoms with Crippen molar-refractivity contribution >= 4 is 28.1 Å². The first-order valence-electron chi connectivity index (χ1n) is 9.37. The molecule has 0 unspecified atom stereocenters. The standard InChI is InChI=1S/C18H25N5O3S2/c1-3-23-16(20-21-18(23)27)12-19-17(24)15-11-14(8-7-13(15)2)28(25,26)22-9-5-4-6-10-22/h7-8,11H,3-6,9-10,12H2,1-2H3,(H,19,24)(H,21,27). The number of aryl methyl sites for hydroxylation is 1. The summed E-state index contributed by atoms with van der Waals surface area (Å²) in [6.45, 7) is 5.62. The number of hydrogen-bond donors (Lipinski definition) is 2. The van der Waals surface area contributed by atoms with Crippen LogP contribution in [0.15, 0.2) is 23.1 Å². The van der Waals surface area contributed by atoms with Gasteiger partial charge in [-0.25, -0.2) is 8.42 Å². The molecule has 1 amide bonds. The topological polar surface area (TPSA) is 100 Å². The van der Waals surface area contributed by atoms with Gasteiger partial charge in [-0.05, 0) is 56.6 Å². The lowest BCUT2D eigenvalue weighted by molar-refractivity contribution is 0.0948. The molecule has 0 saturated carbocycles. The SMILES string of the molecule is CCn1c(CNC(=O)c2cc(S(=O)(=O)N3CCCCC3)ccc2C)n[nH]c1=S. The summed E-state index contributed by atoms with van der Waals surface area (Å²) < 4.78 is 29.6. The monoisotopic (exact) mass is 423 g/mol. The molecule has 28 heavy (non-hydrogen) atoms. The largest absolute Gasteiger partial charge is 0.345 e. The second-order valence-corrected chi connectivity index (χ2v) is 9.14. The molecule has 1 saturated heterocycles. The summed E-state index contributed by atoms with van der Waals surface area (Å²) in [5, 5.41) is 9.63. The highest BCUT2D eigenvalue weighted by Crippen LogP contribution is 2.23. The van der Waals surface area contributed by atoms with Crippen molar-refractivity contribution in [2.75, 3.05) is 13.1 Å². The summed E-state index contributed by atoms with van der Waals surface area (Å²) in [5.41, 5.74) is 1.06. The number of nitrogens with zero attached hydrogens (tertiary/aromatic N) is 3. The number of hydrogen-bond acceptors (Lipinski definition) is 5. The van der Waals surface area contributed by atoms with E-state index in [0.29, 0.717) is 41.4 Å². The quantitative estimate of drug-likeness (QED) is 0.695. The molecule has 10 heteroatoms. The maximum atomic E-state index is 12.9. The first kappa shape index (κ1) is 20.7. The van der Waals surface area contributed by atoms with Crippen LogP contribution in [0.5, 0.6) is 0 Å². The van der Waals surface area contributed by atoms with E-state index in [1.807, 2.05) is 6.92 Å². The van der Waals surface area contributed by atoms with Gasteiger partial charge in [-0.3, -0.25) is 9.89 Å². The normalized spacial score (nSPS) is 15.5. The van der Waals surface area contributed by atoms with Gasteiger partial charge < -0.3 is 9.88 Å². The molecule has 0 aliphatic carbocycles. The minimum Gasteiger partial charge on any atom is -0.345 e. The number of amides is 1. The Hall–Kier alpha value is -2.04. The van der Waals surface area contributed by atoms with E-state index in [0.717, 1.165) is 19.3 Å². The molecular weight excluding hydrogens is 398 g/mol. The maximum absolute atomic E-state index is 12.9. The summed E-state index contributed by atoms with van der Waals surface area (Å²) in [6.07, 6.45) is 2.78. The van der Waals surface area contributed by atoms with Gasteiger partial charge in [0.2, 0.25) is 10.0 Å². The lowest BCUT2D eigenvalue weighted by Crippen LogP contribution is -2.35. The second kappa shape index (κ2) is 8.54. The van der Waals surface area contributed by atoms with Gasteiger partial charge >= 0.3 is 0 Å². The molecule has 0 radical (unpaired) electrons. The summed E-state index contributed by atoms with van der Waals surface area (Å²) in [7, 11) is -3.59. The number of sulfonamides is 1. The molecule has 8 nitrogen and oxygen atoms in total. The van der Waals surface area contributed by atoms with Gasteiger partial charge in [0.15, 0.2) is 10.6 Å². The molecule has 0 bridgehead atoms. The average Bonchev–Trinajstić information content (AvgIpc) is 3.06. The zero-order valence-corrected chi connectivity index (χ0v) is 17.7. The fraction of sp³-hybridized carbons (Fsp3) is 0.500. The van der Waals surface area contributed by atoms with Crippen molar-refractivity contribution in [3.63, 3.8) is 0 Å². The zero-order valence-electron chi connectivity index (χ0n) is 16.1. The molecule has 0 atom stereocenters. The molecule has 2 heterocycles. The Labute approximate surface area is 170 Å². The smallest absolute Gasteiger partial charge is 0.251 e. The van der Waals surface area contributed by atoms with Crippen molar-refractivity contribution in [1.82, 2.24) is 24.4 Å². The fourth-order valence-electron chi connectivity index (χ4n) is 3.33. The Bertz CT molecular complexity index is 1020. The minimum absolute atomic E-state index is 0.154. The number of aromatic amines is 1. The van der Waals surface area contributed by atoms with Crippen LogP contribution in [0.2, 0.25) is 0 Å². The number of carbonyl (C=O) groups is 1. The number of carbonyl (C=O) groups excluding carboxylic acids is 1. The predicted octanol–water partition coefficient (Wildman–Crippen LogP) is 2.37. The number of piperidine rings is 1. The number of H-pyrrole nitrogens is 1. The molecule has 1 aromatic heterocycles. The molecule has 1 aliphatic rings. The number of benzene rings is 1. The lowest BCUT2D eigenvalue weighted by atomic mass is 10.1. The van der Waals surface area contributed by atoms with Crippen molar-refractivity contribution < 1.29 is 13.2 Å². The average molecular weight is 424 g/mol. The van der Waals surface area contributed by atoms with Gasteiger partial charge in [0.05, 0.1) is 11.4 Å². The van der Waals surface area contributed by atoms with Crippen LogP contribution >= 0.6 is 12.2 Å². The van der Waals surface area contributed by atoms with Crippen LogP contribution in [-0.2, 0) is 23.1 Å². The highest BCUT2D eigenvalue weighted by atomic mass is 32.2. The summed E-state index contributed by atoms with van der Waals surface area (Å²) in [5.74, 6) is 0.278. The van der Waals surface area contributed by atoms with Crippen LogP contribution in [0.4, 0.5) is 0 Å². The van der Waals surface area contributed by atoms with Gasteiger partial charge in [-0.1, -0.05) is 12.5 Å². The van der Waals surface area contributed by atoms with E-state index in [2.05, 4.69) is 15.5 Å². The van der Waals surface area contributed by atoms with Gasteiger partial charge in [0.25, 0.3) is 5.91 Å². The third kappa shape index (κ3) is 4.18. The van der Waals surface area contributed by atoms with Gasteiger partial charge in [0, 0.05) is 25.2 Å². The molecular formula is C18H25N5O3S2. The third-order valence-electron chi connectivity index (χ3n) is 4.97. The molecule has 0 spiro atoms. The Balaban J connectivity index is 1.80. The van der Waals surface area contributed by atoms with Crippen molar-refractivity contribution in [1.29, 1.82) is 0 Å². The van der Waals surface area contributed by atoms with Gasteiger partial charge in [0.1, 0.15) is 0 Å². The van der Waals surface area contributed by atoms with Crippen molar-refractivity contribution in [3.8, 4) is 0 Å². The highest BCUT2D eigenvalue weighted by Gasteiger charge is 2.27. The molecule has 1 fully saturated rings. The Morgan fingerprint density at radius 3 is 2.68 bits per heavy atom. The van der Waals surface area contributed by atoms with E-state index in [9.17, 15) is 13.2 Å². The van der Waals surface area contributed by atoms with Crippen LogP contribution < -0.4 is 5.32 Å². The molecule has 3 rings (SSSR count). The van der Waals surface area contributed by atoms with Gasteiger partial charge in [-0.2, -0.15) is 9.40 Å². The molecule has 1 aliphatic heterocycles. The number of aromatic nitrogens is 3. The third-order valence-corrected chi connectivity index (χ3v) is 7.17. The maximum Gasteiger partial charge on any atom is 0.251 e. The van der Waals surface area contributed by atoms with Crippen molar-refractivity contribution in [3.05, 3.63) is 39.9 Å². The van der Waals surface area contributed by atoms with E-state index in [1.54, 1.807) is 23.6 Å². The molecule has 2 N–H and O–H groups in total. The minimum atomic E-state index is -3.59. The van der Waals surface area contributed by atoms with Gasteiger partial charge in [-0.15, -0.1) is 0 Å². The first-order valence-corrected chi connectivity index (χ1v) is 11.2. The number of nitrogens with one attached hydrogen (secondary N) is 2. The molecule has 152 valence electrons. The highest BCUT2D eigenvalue weighted by molar-refractivity contribution is 7.89. The lowest BCUT2D eigenvalue weighted by Gasteiger charge is -2.26. The van der Waals surface area contributed by atoms with Crippen LogP contribution in [0.25, 0.3) is 0 Å². The Kier molecular flexibility index (Phi) is 6.31. The first-order chi connectivity index (χ1) is 13.3. The van der Waals surface area contributed by atoms with E-state index in [4.69, 9.17) is 12.2 Å². The zero-order chi connectivity index (χ0) is 20.3. The van der Waals surface area contributed by atoms with Crippen molar-refractivity contribution in [2.24, 2.45) is 0 Å². The summed E-state index contributed by atoms with van der Waals surface area (Å²) in [6, 6.07) is 4.71. The summed E-state index contributed by atoms with van der Waals surface area (Å²) in [4.78, 5) is 12.9. The Morgan fingerprint density at radius 2 is 2.00 bits per heavy atom. The van der Waals surface area contributed by atoms with Crippen LogP contribution in [0.3, 0.4) is 0 Å². The number of rotatable bonds is 6. The van der Waals surface area contributed by atoms with Crippen LogP contribution in [0.1, 0.15) is 47.9 Å². The van der Waals surface area contributed by atoms with E-state index >= 15 is 0 Å². The predicted molar refractivity (Wildman–Crippen MR) is 108 cm³/mol. The second-order valence-electron chi connectivity index (χ2n) is 6.81. The van der Waals surface area contributed by atoms with Crippen molar-refractivity contribution in [2.45, 2.75) is 51.1 Å². The van der Waals surface area contributed by atoms with Crippen LogP contribution in [0, 0.1) is 11.7 Å². The summed E-state index contributed by atoms with van der Waals surface area (Å²) >= 11 is 5.15. The molecule has 2 aromatic rings. The molecule has 1 aromatic carbocycles.